The summed E-state index contributed by atoms with van der Waals surface area (Å²) in [5, 5.41) is 3.12. The van der Waals surface area contributed by atoms with E-state index in [1.165, 1.54) is 4.70 Å². The molecule has 0 bridgehead atoms. The van der Waals surface area contributed by atoms with Crippen molar-refractivity contribution in [2.24, 2.45) is 5.92 Å². The smallest absolute Gasteiger partial charge is 0.311 e. The lowest BCUT2D eigenvalue weighted by Gasteiger charge is -2.17. The molecular weight excluding hydrogens is 362 g/mol. The van der Waals surface area contributed by atoms with E-state index in [-0.39, 0.29) is 24.9 Å². The van der Waals surface area contributed by atoms with E-state index < -0.39 is 5.92 Å². The minimum absolute atomic E-state index is 0.0776. The Bertz CT molecular complexity index is 997. The maximum absolute atomic E-state index is 12.5. The fourth-order valence-electron chi connectivity index (χ4n) is 3.30. The van der Waals surface area contributed by atoms with E-state index in [1.807, 2.05) is 47.8 Å². The lowest BCUT2D eigenvalue weighted by molar-refractivity contribution is -0.149. The van der Waals surface area contributed by atoms with Crippen molar-refractivity contribution >= 4 is 39.0 Å². The second-order valence-corrected chi connectivity index (χ2v) is 7.38. The highest BCUT2D eigenvalue weighted by Gasteiger charge is 2.36. The average Bonchev–Trinajstić information content (AvgIpc) is 3.30. The maximum atomic E-state index is 12.5. The lowest BCUT2D eigenvalue weighted by atomic mass is 10.1. The second kappa shape index (κ2) is 7.40. The number of hydrogen-bond donors (Lipinski definition) is 0. The van der Waals surface area contributed by atoms with Crippen molar-refractivity contribution in [2.45, 2.75) is 13.0 Å². The molecule has 2 aromatic carbocycles. The van der Waals surface area contributed by atoms with Crippen LogP contribution in [0.3, 0.4) is 0 Å². The van der Waals surface area contributed by atoms with Crippen LogP contribution in [0.2, 0.25) is 0 Å². The van der Waals surface area contributed by atoms with Crippen LogP contribution < -0.4 is 9.64 Å². The summed E-state index contributed by atoms with van der Waals surface area (Å²) in [4.78, 5) is 26.5. The lowest BCUT2D eigenvalue weighted by Crippen LogP contribution is -2.26. The van der Waals surface area contributed by atoms with Gasteiger partial charge < -0.3 is 14.4 Å². The van der Waals surface area contributed by atoms with E-state index in [1.54, 1.807) is 29.4 Å². The van der Waals surface area contributed by atoms with E-state index in [0.717, 1.165) is 16.6 Å². The molecule has 27 heavy (non-hydrogen) atoms. The summed E-state index contributed by atoms with van der Waals surface area (Å²) < 4.78 is 11.9. The maximum Gasteiger partial charge on any atom is 0.311 e. The molecule has 0 spiro atoms. The van der Waals surface area contributed by atoms with Gasteiger partial charge in [-0.05, 0) is 29.0 Å². The molecule has 4 rings (SSSR count). The number of carbonyl (C=O) groups excluding carboxylic acids is 2. The molecule has 1 atom stereocenters. The number of nitrogens with zero attached hydrogens (tertiary/aromatic N) is 1. The zero-order valence-corrected chi connectivity index (χ0v) is 15.7. The molecule has 1 aliphatic heterocycles. The van der Waals surface area contributed by atoms with E-state index in [2.05, 4.69) is 0 Å². The Kier molecular flexibility index (Phi) is 4.81. The summed E-state index contributed by atoms with van der Waals surface area (Å²) in [5.74, 6) is -0.181. The predicted octanol–water partition coefficient (Wildman–Crippen LogP) is 4.01. The number of amides is 1. The second-order valence-electron chi connectivity index (χ2n) is 6.47. The van der Waals surface area contributed by atoms with Crippen LogP contribution >= 0.6 is 11.3 Å². The number of esters is 1. The molecule has 2 heterocycles. The summed E-state index contributed by atoms with van der Waals surface area (Å²) in [6.07, 6.45) is 0.167. The van der Waals surface area contributed by atoms with Crippen molar-refractivity contribution < 1.29 is 19.1 Å². The predicted molar refractivity (Wildman–Crippen MR) is 105 cm³/mol. The summed E-state index contributed by atoms with van der Waals surface area (Å²) in [7, 11) is 1.58. The molecule has 1 amide bonds. The number of ether oxygens (including phenoxy) is 2. The van der Waals surface area contributed by atoms with Crippen molar-refractivity contribution in [3.63, 3.8) is 0 Å². The van der Waals surface area contributed by atoms with Crippen LogP contribution in [0.25, 0.3) is 10.1 Å². The van der Waals surface area contributed by atoms with Crippen LogP contribution in [-0.2, 0) is 20.9 Å². The van der Waals surface area contributed by atoms with Crippen molar-refractivity contribution in [3.8, 4) is 5.75 Å². The highest BCUT2D eigenvalue weighted by molar-refractivity contribution is 7.17. The molecule has 5 nitrogen and oxygen atoms in total. The summed E-state index contributed by atoms with van der Waals surface area (Å²) in [6.45, 7) is 0.557. The van der Waals surface area contributed by atoms with Gasteiger partial charge in [0.2, 0.25) is 5.91 Å². The van der Waals surface area contributed by atoms with Crippen molar-refractivity contribution in [1.82, 2.24) is 0 Å². The average molecular weight is 381 g/mol. The molecule has 0 aliphatic carbocycles. The minimum Gasteiger partial charge on any atom is -0.497 e. The summed E-state index contributed by atoms with van der Waals surface area (Å²) >= 11 is 1.63. The first kappa shape index (κ1) is 17.5. The molecule has 6 heteroatoms. The topological polar surface area (TPSA) is 55.8 Å². The number of carbonyl (C=O) groups is 2. The highest BCUT2D eigenvalue weighted by Crippen LogP contribution is 2.30. The summed E-state index contributed by atoms with van der Waals surface area (Å²) in [5.41, 5.74) is 1.73. The van der Waals surface area contributed by atoms with E-state index >= 15 is 0 Å². The molecule has 0 radical (unpaired) electrons. The molecule has 1 fully saturated rings. The zero-order valence-electron chi connectivity index (χ0n) is 14.9. The Balaban J connectivity index is 1.41. The van der Waals surface area contributed by atoms with Gasteiger partial charge in [0.1, 0.15) is 12.4 Å². The van der Waals surface area contributed by atoms with Gasteiger partial charge in [-0.15, -0.1) is 11.3 Å². The van der Waals surface area contributed by atoms with Crippen LogP contribution in [0.15, 0.2) is 53.9 Å². The molecule has 1 aliphatic rings. The SMILES string of the molecule is COc1cccc(N2CC(C(=O)OCc3csc4ccccc34)CC2=O)c1. The molecule has 0 N–H and O–H groups in total. The number of hydrogen-bond acceptors (Lipinski definition) is 5. The molecular formula is C21H19NO4S. The third-order valence-corrected chi connectivity index (χ3v) is 5.77. The quantitative estimate of drug-likeness (QED) is 0.627. The van der Waals surface area contributed by atoms with E-state index in [0.29, 0.717) is 12.3 Å². The molecule has 138 valence electrons. The first-order chi connectivity index (χ1) is 13.2. The van der Waals surface area contributed by atoms with Crippen LogP contribution in [0.4, 0.5) is 5.69 Å². The Morgan fingerprint density at radius 3 is 2.93 bits per heavy atom. The number of thiophene rings is 1. The van der Waals surface area contributed by atoms with Crippen LogP contribution in [0.5, 0.6) is 5.75 Å². The monoisotopic (exact) mass is 381 g/mol. The largest absolute Gasteiger partial charge is 0.497 e. The normalized spacial score (nSPS) is 16.7. The van der Waals surface area contributed by atoms with Gasteiger partial charge >= 0.3 is 5.97 Å². The highest BCUT2D eigenvalue weighted by atomic mass is 32.1. The first-order valence-corrected chi connectivity index (χ1v) is 9.60. The van der Waals surface area contributed by atoms with Crippen molar-refractivity contribution in [2.75, 3.05) is 18.6 Å². The Morgan fingerprint density at radius 2 is 2.07 bits per heavy atom. The van der Waals surface area contributed by atoms with Gasteiger partial charge in [0.25, 0.3) is 0 Å². The van der Waals surface area contributed by atoms with Gasteiger partial charge in [-0.1, -0.05) is 24.3 Å². The van der Waals surface area contributed by atoms with Gasteiger partial charge in [-0.25, -0.2) is 0 Å². The van der Waals surface area contributed by atoms with Crippen molar-refractivity contribution in [3.05, 3.63) is 59.5 Å². The zero-order chi connectivity index (χ0) is 18.8. The third kappa shape index (κ3) is 3.53. The standard InChI is InChI=1S/C21H19NO4S/c1-25-17-6-4-5-16(10-17)22-11-14(9-20(22)23)21(24)26-12-15-13-27-19-8-3-2-7-18(15)19/h2-8,10,13-14H,9,11-12H2,1H3. The molecule has 0 saturated carbocycles. The van der Waals surface area contributed by atoms with Crippen LogP contribution in [0, 0.1) is 5.92 Å². The number of anilines is 1. The Morgan fingerprint density at radius 1 is 1.22 bits per heavy atom. The Labute approximate surface area is 161 Å². The third-order valence-electron chi connectivity index (χ3n) is 4.75. The Hall–Kier alpha value is -2.86. The fraction of sp³-hybridized carbons (Fsp3) is 0.238. The van der Waals surface area contributed by atoms with Gasteiger partial charge in [-0.3, -0.25) is 9.59 Å². The van der Waals surface area contributed by atoms with Crippen LogP contribution in [-0.4, -0.2) is 25.5 Å². The van der Waals surface area contributed by atoms with Crippen molar-refractivity contribution in [1.29, 1.82) is 0 Å². The number of benzene rings is 2. The van der Waals surface area contributed by atoms with Gasteiger partial charge in [0, 0.05) is 35.0 Å². The first-order valence-electron chi connectivity index (χ1n) is 8.72. The van der Waals surface area contributed by atoms with Gasteiger partial charge in [-0.2, -0.15) is 0 Å². The molecule has 3 aromatic rings. The number of methoxy groups -OCH3 is 1. The summed E-state index contributed by atoms with van der Waals surface area (Å²) in [6, 6.07) is 15.3. The molecule has 1 saturated heterocycles. The van der Waals surface area contributed by atoms with E-state index in [4.69, 9.17) is 9.47 Å². The van der Waals surface area contributed by atoms with Crippen LogP contribution in [0.1, 0.15) is 12.0 Å². The minimum atomic E-state index is -0.450. The number of rotatable bonds is 5. The molecule has 1 unspecified atom stereocenters. The van der Waals surface area contributed by atoms with Gasteiger partial charge in [0.15, 0.2) is 0 Å². The van der Waals surface area contributed by atoms with Gasteiger partial charge in [0.05, 0.1) is 13.0 Å². The van der Waals surface area contributed by atoms with E-state index in [9.17, 15) is 9.59 Å². The number of fused-ring (bicyclic) bond motifs is 1. The fourth-order valence-corrected chi connectivity index (χ4v) is 4.25. The molecule has 1 aromatic heterocycles.